The molecule has 3 aromatic rings. The first-order valence-corrected chi connectivity index (χ1v) is 9.15. The van der Waals surface area contributed by atoms with Gasteiger partial charge in [-0.25, -0.2) is 0 Å². The molecule has 0 atom stereocenters. The molecule has 128 valence electrons. The van der Waals surface area contributed by atoms with Crippen molar-refractivity contribution < 1.29 is 4.74 Å². The van der Waals surface area contributed by atoms with Crippen LogP contribution in [-0.4, -0.2) is 4.98 Å². The van der Waals surface area contributed by atoms with E-state index in [4.69, 9.17) is 16.3 Å². The van der Waals surface area contributed by atoms with E-state index in [1.54, 1.807) is 6.20 Å². The van der Waals surface area contributed by atoms with Gasteiger partial charge < -0.3 is 10.1 Å². The van der Waals surface area contributed by atoms with E-state index < -0.39 is 0 Å². The van der Waals surface area contributed by atoms with E-state index in [1.807, 2.05) is 54.6 Å². The average molecular weight is 418 g/mol. The van der Waals surface area contributed by atoms with Crippen molar-refractivity contribution in [3.05, 3.63) is 93.2 Å². The van der Waals surface area contributed by atoms with Gasteiger partial charge in [0.1, 0.15) is 12.4 Å². The predicted octanol–water partition coefficient (Wildman–Crippen LogP) is 5.37. The van der Waals surface area contributed by atoms with E-state index in [1.165, 1.54) is 0 Å². The van der Waals surface area contributed by atoms with Gasteiger partial charge in [-0.1, -0.05) is 51.8 Å². The van der Waals surface area contributed by atoms with Crippen LogP contribution < -0.4 is 10.1 Å². The Morgan fingerprint density at radius 1 is 0.960 bits per heavy atom. The number of aromatic nitrogens is 1. The van der Waals surface area contributed by atoms with Crippen LogP contribution in [-0.2, 0) is 19.7 Å². The van der Waals surface area contributed by atoms with Crippen molar-refractivity contribution in [2.24, 2.45) is 0 Å². The zero-order valence-electron chi connectivity index (χ0n) is 13.6. The van der Waals surface area contributed by atoms with Crippen LogP contribution in [0.5, 0.6) is 5.75 Å². The Labute approximate surface area is 161 Å². The van der Waals surface area contributed by atoms with Gasteiger partial charge in [-0.2, -0.15) is 0 Å². The number of nitrogens with one attached hydrogen (secondary N) is 1. The lowest BCUT2D eigenvalue weighted by atomic mass is 10.2. The van der Waals surface area contributed by atoms with Crippen molar-refractivity contribution in [1.82, 2.24) is 10.3 Å². The van der Waals surface area contributed by atoms with Gasteiger partial charge >= 0.3 is 0 Å². The van der Waals surface area contributed by atoms with Gasteiger partial charge in [0.25, 0.3) is 0 Å². The standard InChI is InChI=1S/C20H18BrClN2O/c21-17-8-9-20(25-14-15-5-1-2-7-19(15)22)16(11-17)12-23-13-18-6-3-4-10-24-18/h1-11,23H,12-14H2. The van der Waals surface area contributed by atoms with E-state index in [0.717, 1.165) is 32.1 Å². The minimum absolute atomic E-state index is 0.439. The molecule has 0 radical (unpaired) electrons. The maximum atomic E-state index is 6.20. The molecule has 0 spiro atoms. The maximum absolute atomic E-state index is 6.20. The van der Waals surface area contributed by atoms with Gasteiger partial charge in [0.2, 0.25) is 0 Å². The highest BCUT2D eigenvalue weighted by Crippen LogP contribution is 2.25. The molecular formula is C20H18BrClN2O. The molecule has 0 bridgehead atoms. The van der Waals surface area contributed by atoms with Gasteiger partial charge in [-0.05, 0) is 36.4 Å². The summed E-state index contributed by atoms with van der Waals surface area (Å²) in [7, 11) is 0. The summed E-state index contributed by atoms with van der Waals surface area (Å²) in [6.45, 7) is 1.83. The second-order valence-corrected chi connectivity index (χ2v) is 6.88. The van der Waals surface area contributed by atoms with E-state index >= 15 is 0 Å². The summed E-state index contributed by atoms with van der Waals surface area (Å²) in [6.07, 6.45) is 1.80. The number of hydrogen-bond donors (Lipinski definition) is 1. The molecule has 0 fully saturated rings. The highest BCUT2D eigenvalue weighted by molar-refractivity contribution is 9.10. The summed E-state index contributed by atoms with van der Waals surface area (Å²) < 4.78 is 7.02. The number of ether oxygens (including phenoxy) is 1. The summed E-state index contributed by atoms with van der Waals surface area (Å²) >= 11 is 9.72. The second kappa shape index (κ2) is 8.99. The normalized spacial score (nSPS) is 10.6. The van der Waals surface area contributed by atoms with E-state index in [-0.39, 0.29) is 0 Å². The van der Waals surface area contributed by atoms with Gasteiger partial charge in [0, 0.05) is 39.9 Å². The minimum atomic E-state index is 0.439. The average Bonchev–Trinajstić information content (AvgIpc) is 2.63. The van der Waals surface area contributed by atoms with Gasteiger partial charge in [-0.3, -0.25) is 4.98 Å². The summed E-state index contributed by atoms with van der Waals surface area (Å²) in [6, 6.07) is 19.6. The maximum Gasteiger partial charge on any atom is 0.124 e. The van der Waals surface area contributed by atoms with Crippen molar-refractivity contribution in [2.45, 2.75) is 19.7 Å². The van der Waals surface area contributed by atoms with Crippen LogP contribution in [0, 0.1) is 0 Å². The third-order valence-electron chi connectivity index (χ3n) is 3.71. The predicted molar refractivity (Wildman–Crippen MR) is 105 cm³/mol. The number of nitrogens with zero attached hydrogens (tertiary/aromatic N) is 1. The fourth-order valence-electron chi connectivity index (χ4n) is 2.43. The van der Waals surface area contributed by atoms with Gasteiger partial charge in [0.05, 0.1) is 5.69 Å². The third kappa shape index (κ3) is 5.30. The SMILES string of the molecule is Clc1ccccc1COc1ccc(Br)cc1CNCc1ccccn1. The first-order chi connectivity index (χ1) is 12.2. The van der Waals surface area contributed by atoms with Crippen LogP contribution in [0.25, 0.3) is 0 Å². The Morgan fingerprint density at radius 3 is 2.60 bits per heavy atom. The van der Waals surface area contributed by atoms with E-state index in [0.29, 0.717) is 19.7 Å². The van der Waals surface area contributed by atoms with Crippen molar-refractivity contribution in [1.29, 1.82) is 0 Å². The molecule has 0 saturated carbocycles. The summed E-state index contributed by atoms with van der Waals surface area (Å²) in [4.78, 5) is 4.32. The number of hydrogen-bond acceptors (Lipinski definition) is 3. The van der Waals surface area contributed by atoms with Crippen molar-refractivity contribution in [3.8, 4) is 5.75 Å². The van der Waals surface area contributed by atoms with Crippen LogP contribution in [0.4, 0.5) is 0 Å². The number of pyridine rings is 1. The molecule has 0 aliphatic carbocycles. The van der Waals surface area contributed by atoms with Crippen molar-refractivity contribution in [2.75, 3.05) is 0 Å². The van der Waals surface area contributed by atoms with E-state index in [2.05, 4.69) is 32.3 Å². The highest BCUT2D eigenvalue weighted by atomic mass is 79.9. The topological polar surface area (TPSA) is 34.1 Å². The van der Waals surface area contributed by atoms with Gasteiger partial charge in [-0.15, -0.1) is 0 Å². The lowest BCUT2D eigenvalue weighted by molar-refractivity contribution is 0.302. The van der Waals surface area contributed by atoms with Crippen LogP contribution in [0.15, 0.2) is 71.3 Å². The van der Waals surface area contributed by atoms with Crippen LogP contribution in [0.1, 0.15) is 16.8 Å². The van der Waals surface area contributed by atoms with Crippen LogP contribution >= 0.6 is 27.5 Å². The molecule has 0 saturated heterocycles. The molecule has 0 unspecified atom stereocenters. The van der Waals surface area contributed by atoms with Gasteiger partial charge in [0.15, 0.2) is 0 Å². The summed E-state index contributed by atoms with van der Waals surface area (Å²) in [5.41, 5.74) is 3.06. The molecule has 2 aromatic carbocycles. The first kappa shape index (κ1) is 17.9. The van der Waals surface area contributed by atoms with Crippen molar-refractivity contribution >= 4 is 27.5 Å². The first-order valence-electron chi connectivity index (χ1n) is 7.97. The Balaban J connectivity index is 1.64. The second-order valence-electron chi connectivity index (χ2n) is 5.56. The van der Waals surface area contributed by atoms with Crippen LogP contribution in [0.2, 0.25) is 5.02 Å². The minimum Gasteiger partial charge on any atom is -0.489 e. The van der Waals surface area contributed by atoms with Crippen LogP contribution in [0.3, 0.4) is 0 Å². The van der Waals surface area contributed by atoms with E-state index in [9.17, 15) is 0 Å². The molecule has 0 aliphatic heterocycles. The quantitative estimate of drug-likeness (QED) is 0.561. The lowest BCUT2D eigenvalue weighted by Crippen LogP contribution is -2.14. The molecular weight excluding hydrogens is 400 g/mol. The molecule has 0 aliphatic rings. The zero-order chi connectivity index (χ0) is 17.5. The van der Waals surface area contributed by atoms with Crippen molar-refractivity contribution in [3.63, 3.8) is 0 Å². The third-order valence-corrected chi connectivity index (χ3v) is 4.57. The smallest absolute Gasteiger partial charge is 0.124 e. The fraction of sp³-hybridized carbons (Fsp3) is 0.150. The Kier molecular flexibility index (Phi) is 6.45. The molecule has 1 N–H and O–H groups in total. The Bertz CT molecular complexity index is 827. The molecule has 3 nitrogen and oxygen atoms in total. The number of rotatable bonds is 7. The molecule has 1 aromatic heterocycles. The zero-order valence-corrected chi connectivity index (χ0v) is 15.9. The Hall–Kier alpha value is -1.88. The molecule has 0 amide bonds. The molecule has 25 heavy (non-hydrogen) atoms. The highest BCUT2D eigenvalue weighted by Gasteiger charge is 2.07. The summed E-state index contributed by atoms with van der Waals surface area (Å²) in [5, 5.41) is 4.12. The largest absolute Gasteiger partial charge is 0.489 e. The molecule has 5 heteroatoms. The molecule has 1 heterocycles. The Morgan fingerprint density at radius 2 is 1.80 bits per heavy atom. The monoisotopic (exact) mass is 416 g/mol. The lowest BCUT2D eigenvalue weighted by Gasteiger charge is -2.13. The fourth-order valence-corrected chi connectivity index (χ4v) is 3.02. The molecule has 3 rings (SSSR count). The number of halogens is 2. The number of benzene rings is 2. The summed E-state index contributed by atoms with van der Waals surface area (Å²) in [5.74, 6) is 0.844.